The van der Waals surface area contributed by atoms with Crippen LogP contribution in [0.1, 0.15) is 37.7 Å². The molecule has 2 saturated heterocycles. The highest BCUT2D eigenvalue weighted by atomic mass is 15.2. The zero-order chi connectivity index (χ0) is 13.4. The van der Waals surface area contributed by atoms with Crippen LogP contribution in [-0.4, -0.2) is 35.1 Å². The molecule has 2 unspecified atom stereocenters. The lowest BCUT2D eigenvalue weighted by Gasteiger charge is -2.47. The molecule has 0 amide bonds. The topological polar surface area (TPSA) is 54.2 Å². The summed E-state index contributed by atoms with van der Waals surface area (Å²) in [5.41, 5.74) is 7.69. The van der Waals surface area contributed by atoms with Crippen molar-refractivity contribution < 1.29 is 0 Å². The van der Waals surface area contributed by atoms with E-state index >= 15 is 0 Å². The van der Waals surface area contributed by atoms with Gasteiger partial charge in [-0.1, -0.05) is 6.42 Å². The van der Waals surface area contributed by atoms with E-state index in [2.05, 4.69) is 28.3 Å². The van der Waals surface area contributed by atoms with Crippen LogP contribution < -0.4 is 11.1 Å². The molecular formula is C15H24N4. The number of nitrogen functional groups attached to an aromatic ring is 1. The molecule has 3 heterocycles. The summed E-state index contributed by atoms with van der Waals surface area (Å²) in [7, 11) is 2.29. The first-order chi connectivity index (χ1) is 9.13. The Morgan fingerprint density at radius 3 is 2.63 bits per heavy atom. The van der Waals surface area contributed by atoms with Gasteiger partial charge in [0.15, 0.2) is 0 Å². The second kappa shape index (κ2) is 5.00. The highest BCUT2D eigenvalue weighted by molar-refractivity contribution is 5.51. The molecule has 2 aliphatic heterocycles. The Hall–Kier alpha value is -1.29. The van der Waals surface area contributed by atoms with Crippen LogP contribution in [-0.2, 0) is 0 Å². The highest BCUT2D eigenvalue weighted by Crippen LogP contribution is 2.33. The maximum absolute atomic E-state index is 5.82. The summed E-state index contributed by atoms with van der Waals surface area (Å²) >= 11 is 0. The number of pyridine rings is 1. The maximum Gasteiger partial charge on any atom is 0.126 e. The van der Waals surface area contributed by atoms with Crippen LogP contribution in [0.3, 0.4) is 0 Å². The number of fused-ring (bicyclic) bond motifs is 2. The normalized spacial score (nSPS) is 31.2. The number of piperidine rings is 2. The van der Waals surface area contributed by atoms with E-state index in [0.717, 1.165) is 29.2 Å². The average molecular weight is 260 g/mol. The van der Waals surface area contributed by atoms with E-state index in [9.17, 15) is 0 Å². The lowest BCUT2D eigenvalue weighted by molar-refractivity contribution is 0.0608. The van der Waals surface area contributed by atoms with Crippen LogP contribution in [0.2, 0.25) is 0 Å². The quantitative estimate of drug-likeness (QED) is 0.857. The fourth-order valence-electron chi connectivity index (χ4n) is 3.59. The minimum Gasteiger partial charge on any atom is -0.397 e. The molecule has 2 bridgehead atoms. The van der Waals surface area contributed by atoms with Crippen LogP contribution in [0.5, 0.6) is 0 Å². The summed E-state index contributed by atoms with van der Waals surface area (Å²) in [6.45, 7) is 2.03. The second-order valence-electron chi connectivity index (χ2n) is 6.14. The molecule has 2 aliphatic rings. The molecule has 2 fully saturated rings. The summed E-state index contributed by atoms with van der Waals surface area (Å²) in [4.78, 5) is 6.98. The van der Waals surface area contributed by atoms with Gasteiger partial charge in [0.05, 0.1) is 11.9 Å². The molecule has 104 valence electrons. The van der Waals surface area contributed by atoms with Crippen molar-refractivity contribution in [2.24, 2.45) is 0 Å². The van der Waals surface area contributed by atoms with Crippen molar-refractivity contribution in [1.29, 1.82) is 0 Å². The molecule has 0 spiro atoms. The molecule has 4 heteroatoms. The number of nitrogens with zero attached hydrogens (tertiary/aromatic N) is 2. The van der Waals surface area contributed by atoms with E-state index in [1.807, 2.05) is 6.92 Å². The standard InChI is InChI=1S/C15H24N4/c1-10-6-15(17-9-14(10)16)18-11-7-12-4-3-5-13(8-11)19(12)2/h6,9,11-13H,3-5,7-8,16H2,1-2H3,(H,17,18). The molecule has 1 aromatic heterocycles. The molecule has 19 heavy (non-hydrogen) atoms. The van der Waals surface area contributed by atoms with Gasteiger partial charge in [-0.15, -0.1) is 0 Å². The zero-order valence-corrected chi connectivity index (χ0v) is 11.9. The Morgan fingerprint density at radius 1 is 1.32 bits per heavy atom. The largest absolute Gasteiger partial charge is 0.397 e. The molecule has 3 rings (SSSR count). The molecule has 2 atom stereocenters. The fraction of sp³-hybridized carbons (Fsp3) is 0.667. The van der Waals surface area contributed by atoms with E-state index in [1.54, 1.807) is 6.20 Å². The minimum atomic E-state index is 0.557. The molecular weight excluding hydrogens is 236 g/mol. The van der Waals surface area contributed by atoms with Crippen molar-refractivity contribution >= 4 is 11.5 Å². The predicted octanol–water partition coefficient (Wildman–Crippen LogP) is 2.40. The first-order valence-electron chi connectivity index (χ1n) is 7.34. The fourth-order valence-corrected chi connectivity index (χ4v) is 3.59. The molecule has 4 nitrogen and oxygen atoms in total. The van der Waals surface area contributed by atoms with Crippen LogP contribution in [0, 0.1) is 6.92 Å². The van der Waals surface area contributed by atoms with Crippen molar-refractivity contribution in [3.8, 4) is 0 Å². The van der Waals surface area contributed by atoms with Gasteiger partial charge in [0.2, 0.25) is 0 Å². The summed E-state index contributed by atoms with van der Waals surface area (Å²) in [5, 5.41) is 3.60. The Kier molecular flexibility index (Phi) is 3.35. The Bertz CT molecular complexity index is 445. The zero-order valence-electron chi connectivity index (χ0n) is 11.9. The van der Waals surface area contributed by atoms with Gasteiger partial charge in [0.1, 0.15) is 5.82 Å². The van der Waals surface area contributed by atoms with Crippen molar-refractivity contribution in [2.45, 2.75) is 57.2 Å². The number of nitrogens with two attached hydrogens (primary N) is 1. The number of aryl methyl sites for hydroxylation is 1. The monoisotopic (exact) mass is 260 g/mol. The molecule has 0 aliphatic carbocycles. The molecule has 0 radical (unpaired) electrons. The molecule has 3 N–H and O–H groups in total. The van der Waals surface area contributed by atoms with Gasteiger partial charge in [-0.3, -0.25) is 0 Å². The van der Waals surface area contributed by atoms with Crippen molar-refractivity contribution in [3.63, 3.8) is 0 Å². The van der Waals surface area contributed by atoms with Gasteiger partial charge in [-0.05, 0) is 51.3 Å². The third-order valence-electron chi connectivity index (χ3n) is 4.84. The van der Waals surface area contributed by atoms with E-state index in [4.69, 9.17) is 5.73 Å². The lowest BCUT2D eigenvalue weighted by Crippen LogP contribution is -2.52. The lowest BCUT2D eigenvalue weighted by atomic mass is 9.82. The smallest absolute Gasteiger partial charge is 0.126 e. The Labute approximate surface area is 115 Å². The van der Waals surface area contributed by atoms with Gasteiger partial charge in [-0.25, -0.2) is 4.98 Å². The van der Waals surface area contributed by atoms with Crippen molar-refractivity contribution in [2.75, 3.05) is 18.1 Å². The predicted molar refractivity (Wildman–Crippen MR) is 79.2 cm³/mol. The second-order valence-corrected chi connectivity index (χ2v) is 6.14. The molecule has 1 aromatic rings. The molecule has 0 aromatic carbocycles. The number of anilines is 2. The summed E-state index contributed by atoms with van der Waals surface area (Å²) in [6.07, 6.45) is 8.31. The summed E-state index contributed by atoms with van der Waals surface area (Å²) < 4.78 is 0. The van der Waals surface area contributed by atoms with Gasteiger partial charge in [0, 0.05) is 18.1 Å². The third-order valence-corrected chi connectivity index (χ3v) is 4.84. The van der Waals surface area contributed by atoms with E-state index in [-0.39, 0.29) is 0 Å². The van der Waals surface area contributed by atoms with E-state index < -0.39 is 0 Å². The Balaban J connectivity index is 1.69. The number of rotatable bonds is 2. The van der Waals surface area contributed by atoms with E-state index in [1.165, 1.54) is 32.1 Å². The van der Waals surface area contributed by atoms with Gasteiger partial charge in [0.25, 0.3) is 0 Å². The maximum atomic E-state index is 5.82. The van der Waals surface area contributed by atoms with Crippen LogP contribution in [0.4, 0.5) is 11.5 Å². The number of aromatic nitrogens is 1. The minimum absolute atomic E-state index is 0.557. The van der Waals surface area contributed by atoms with Gasteiger partial charge >= 0.3 is 0 Å². The summed E-state index contributed by atoms with van der Waals surface area (Å²) in [6, 6.07) is 4.12. The van der Waals surface area contributed by atoms with Gasteiger partial charge in [-0.2, -0.15) is 0 Å². The first-order valence-corrected chi connectivity index (χ1v) is 7.34. The van der Waals surface area contributed by atoms with Crippen molar-refractivity contribution in [1.82, 2.24) is 9.88 Å². The number of nitrogens with one attached hydrogen (secondary N) is 1. The first kappa shape index (κ1) is 12.7. The van der Waals surface area contributed by atoms with E-state index in [0.29, 0.717) is 6.04 Å². The van der Waals surface area contributed by atoms with Gasteiger partial charge < -0.3 is 16.0 Å². The number of hydrogen-bond donors (Lipinski definition) is 2. The Morgan fingerprint density at radius 2 is 2.00 bits per heavy atom. The van der Waals surface area contributed by atoms with Crippen LogP contribution >= 0.6 is 0 Å². The number of hydrogen-bond acceptors (Lipinski definition) is 4. The third kappa shape index (κ3) is 2.54. The van der Waals surface area contributed by atoms with Crippen LogP contribution in [0.15, 0.2) is 12.3 Å². The SMILES string of the molecule is Cc1cc(NC2CC3CCCC(C2)N3C)ncc1N. The van der Waals surface area contributed by atoms with Crippen LogP contribution in [0.25, 0.3) is 0 Å². The van der Waals surface area contributed by atoms with Crippen molar-refractivity contribution in [3.05, 3.63) is 17.8 Å². The highest BCUT2D eigenvalue weighted by Gasteiger charge is 2.35. The average Bonchev–Trinajstić information content (AvgIpc) is 2.35. The molecule has 0 saturated carbocycles. The summed E-state index contributed by atoms with van der Waals surface area (Å²) in [5.74, 6) is 0.972.